The Morgan fingerprint density at radius 3 is 2.58 bits per heavy atom. The number of carbonyl (C=O) groups excluding carboxylic acids is 1. The van der Waals surface area contributed by atoms with Crippen molar-refractivity contribution in [2.45, 2.75) is 6.54 Å². The number of carbonyl (C=O) groups is 1. The van der Waals surface area contributed by atoms with Crippen LogP contribution in [0.5, 0.6) is 0 Å². The van der Waals surface area contributed by atoms with Gasteiger partial charge in [0.25, 0.3) is 0 Å². The molecule has 3 rings (SSSR count). The van der Waals surface area contributed by atoms with Crippen molar-refractivity contribution in [1.29, 1.82) is 0 Å². The van der Waals surface area contributed by atoms with Crippen LogP contribution in [-0.2, 0) is 6.54 Å². The van der Waals surface area contributed by atoms with E-state index in [-0.39, 0.29) is 6.03 Å². The predicted octanol–water partition coefficient (Wildman–Crippen LogP) is 4.21. The van der Waals surface area contributed by atoms with E-state index in [0.717, 1.165) is 35.8 Å². The molecular formula is C18H20ClN3OS. The number of thioether (sulfide) groups is 1. The minimum Gasteiger partial charge on any atom is -0.369 e. The molecule has 126 valence electrons. The molecule has 24 heavy (non-hydrogen) atoms. The Bertz CT molecular complexity index is 690. The van der Waals surface area contributed by atoms with Gasteiger partial charge in [-0.1, -0.05) is 41.9 Å². The molecule has 0 radical (unpaired) electrons. The summed E-state index contributed by atoms with van der Waals surface area (Å²) < 4.78 is 0. The SMILES string of the molecule is O=C(NCc1ccccc1)Nc1ccc(N2CCSCC2)c(Cl)c1. The second-order valence-corrected chi connectivity index (χ2v) is 7.19. The third kappa shape index (κ3) is 4.58. The summed E-state index contributed by atoms with van der Waals surface area (Å²) in [5.41, 5.74) is 2.79. The van der Waals surface area contributed by atoms with Gasteiger partial charge in [-0.25, -0.2) is 4.79 Å². The molecule has 0 saturated carbocycles. The monoisotopic (exact) mass is 361 g/mol. The van der Waals surface area contributed by atoms with Gasteiger partial charge in [0.05, 0.1) is 10.7 Å². The molecule has 4 nitrogen and oxygen atoms in total. The molecular weight excluding hydrogens is 342 g/mol. The van der Waals surface area contributed by atoms with Crippen molar-refractivity contribution in [2.75, 3.05) is 34.8 Å². The molecule has 0 unspecified atom stereocenters. The Balaban J connectivity index is 1.57. The molecule has 0 aliphatic carbocycles. The number of amides is 2. The standard InChI is InChI=1S/C18H20ClN3OS/c19-16-12-15(6-7-17(16)22-8-10-24-11-9-22)21-18(23)20-13-14-4-2-1-3-5-14/h1-7,12H,8-11,13H2,(H2,20,21,23). The van der Waals surface area contributed by atoms with Gasteiger partial charge in [-0.3, -0.25) is 0 Å². The van der Waals surface area contributed by atoms with Crippen molar-refractivity contribution in [2.24, 2.45) is 0 Å². The van der Waals surface area contributed by atoms with Crippen LogP contribution >= 0.6 is 23.4 Å². The van der Waals surface area contributed by atoms with Crippen LogP contribution in [0.4, 0.5) is 16.2 Å². The third-order valence-electron chi connectivity index (χ3n) is 3.85. The van der Waals surface area contributed by atoms with Crippen LogP contribution in [0.3, 0.4) is 0 Å². The summed E-state index contributed by atoms with van der Waals surface area (Å²) in [5, 5.41) is 6.33. The lowest BCUT2D eigenvalue weighted by Crippen LogP contribution is -2.32. The second kappa shape index (κ2) is 8.31. The number of rotatable bonds is 4. The Hall–Kier alpha value is -1.85. The van der Waals surface area contributed by atoms with Crippen molar-refractivity contribution in [3.63, 3.8) is 0 Å². The summed E-state index contributed by atoms with van der Waals surface area (Å²) in [7, 11) is 0. The Labute approximate surface area is 151 Å². The molecule has 1 aliphatic rings. The molecule has 2 aromatic carbocycles. The molecule has 2 N–H and O–H groups in total. The van der Waals surface area contributed by atoms with Crippen LogP contribution in [0.15, 0.2) is 48.5 Å². The summed E-state index contributed by atoms with van der Waals surface area (Å²) >= 11 is 8.36. The zero-order chi connectivity index (χ0) is 16.8. The molecule has 0 atom stereocenters. The number of halogens is 1. The smallest absolute Gasteiger partial charge is 0.319 e. The highest BCUT2D eigenvalue weighted by Gasteiger charge is 2.14. The topological polar surface area (TPSA) is 44.4 Å². The number of anilines is 2. The van der Waals surface area contributed by atoms with E-state index in [4.69, 9.17) is 11.6 Å². The largest absolute Gasteiger partial charge is 0.369 e. The minimum absolute atomic E-state index is 0.239. The van der Waals surface area contributed by atoms with Gasteiger partial charge in [-0.2, -0.15) is 11.8 Å². The van der Waals surface area contributed by atoms with E-state index in [1.54, 1.807) is 6.07 Å². The molecule has 0 bridgehead atoms. The van der Waals surface area contributed by atoms with E-state index in [0.29, 0.717) is 17.3 Å². The maximum absolute atomic E-state index is 12.0. The number of urea groups is 1. The number of benzene rings is 2. The fourth-order valence-corrected chi connectivity index (χ4v) is 3.80. The Kier molecular flexibility index (Phi) is 5.88. The van der Waals surface area contributed by atoms with E-state index in [1.165, 1.54) is 0 Å². The van der Waals surface area contributed by atoms with Gasteiger partial charge in [-0.05, 0) is 23.8 Å². The third-order valence-corrected chi connectivity index (χ3v) is 5.10. The van der Waals surface area contributed by atoms with Gasteiger partial charge in [0.2, 0.25) is 0 Å². The van der Waals surface area contributed by atoms with Crippen molar-refractivity contribution in [3.8, 4) is 0 Å². The van der Waals surface area contributed by atoms with Crippen LogP contribution in [0.25, 0.3) is 0 Å². The van der Waals surface area contributed by atoms with Crippen LogP contribution in [-0.4, -0.2) is 30.6 Å². The lowest BCUT2D eigenvalue weighted by molar-refractivity contribution is 0.251. The molecule has 2 aromatic rings. The van der Waals surface area contributed by atoms with Gasteiger partial charge in [0.1, 0.15) is 0 Å². The summed E-state index contributed by atoms with van der Waals surface area (Å²) in [5.74, 6) is 2.25. The number of hydrogen-bond donors (Lipinski definition) is 2. The predicted molar refractivity (Wildman–Crippen MR) is 103 cm³/mol. The number of hydrogen-bond acceptors (Lipinski definition) is 3. The van der Waals surface area contributed by atoms with E-state index in [1.807, 2.05) is 54.2 Å². The first-order valence-corrected chi connectivity index (χ1v) is 9.47. The van der Waals surface area contributed by atoms with Gasteiger partial charge < -0.3 is 15.5 Å². The van der Waals surface area contributed by atoms with Crippen LogP contribution in [0, 0.1) is 0 Å². The summed E-state index contributed by atoms with van der Waals surface area (Å²) in [6.45, 7) is 2.51. The van der Waals surface area contributed by atoms with Gasteiger partial charge in [-0.15, -0.1) is 0 Å². The Morgan fingerprint density at radius 2 is 1.88 bits per heavy atom. The lowest BCUT2D eigenvalue weighted by atomic mass is 10.2. The van der Waals surface area contributed by atoms with Gasteiger partial charge >= 0.3 is 6.03 Å². The van der Waals surface area contributed by atoms with Gasteiger partial charge in [0.15, 0.2) is 0 Å². The maximum atomic E-state index is 12.0. The molecule has 6 heteroatoms. The minimum atomic E-state index is -0.239. The molecule has 1 heterocycles. The van der Waals surface area contributed by atoms with E-state index < -0.39 is 0 Å². The number of nitrogens with one attached hydrogen (secondary N) is 2. The first-order chi connectivity index (χ1) is 11.7. The normalized spacial score (nSPS) is 14.3. The molecule has 0 aromatic heterocycles. The quantitative estimate of drug-likeness (QED) is 0.857. The van der Waals surface area contributed by atoms with E-state index in [9.17, 15) is 4.79 Å². The molecule has 1 aliphatic heterocycles. The highest BCUT2D eigenvalue weighted by atomic mass is 35.5. The zero-order valence-electron chi connectivity index (χ0n) is 13.3. The van der Waals surface area contributed by atoms with E-state index >= 15 is 0 Å². The fourth-order valence-electron chi connectivity index (χ4n) is 2.60. The van der Waals surface area contributed by atoms with Crippen LogP contribution < -0.4 is 15.5 Å². The fraction of sp³-hybridized carbons (Fsp3) is 0.278. The summed E-state index contributed by atoms with van der Waals surface area (Å²) in [6, 6.07) is 15.2. The highest BCUT2D eigenvalue weighted by molar-refractivity contribution is 7.99. The average Bonchev–Trinajstić information content (AvgIpc) is 2.62. The Morgan fingerprint density at radius 1 is 1.12 bits per heavy atom. The molecule has 1 saturated heterocycles. The number of nitrogens with zero attached hydrogens (tertiary/aromatic N) is 1. The maximum Gasteiger partial charge on any atom is 0.319 e. The van der Waals surface area contributed by atoms with Crippen molar-refractivity contribution in [3.05, 3.63) is 59.1 Å². The second-order valence-electron chi connectivity index (χ2n) is 5.56. The van der Waals surface area contributed by atoms with Gasteiger partial charge in [0, 0.05) is 36.8 Å². The zero-order valence-corrected chi connectivity index (χ0v) is 14.9. The molecule has 1 fully saturated rings. The first kappa shape index (κ1) is 17.0. The summed E-state index contributed by atoms with van der Waals surface area (Å²) in [4.78, 5) is 14.3. The average molecular weight is 362 g/mol. The molecule has 2 amide bonds. The summed E-state index contributed by atoms with van der Waals surface area (Å²) in [6.07, 6.45) is 0. The highest BCUT2D eigenvalue weighted by Crippen LogP contribution is 2.30. The van der Waals surface area contributed by atoms with Crippen LogP contribution in [0.2, 0.25) is 5.02 Å². The first-order valence-electron chi connectivity index (χ1n) is 7.93. The molecule has 0 spiro atoms. The van der Waals surface area contributed by atoms with E-state index in [2.05, 4.69) is 15.5 Å². The van der Waals surface area contributed by atoms with Crippen molar-refractivity contribution < 1.29 is 4.79 Å². The lowest BCUT2D eigenvalue weighted by Gasteiger charge is -2.29. The van der Waals surface area contributed by atoms with Crippen LogP contribution in [0.1, 0.15) is 5.56 Å². The van der Waals surface area contributed by atoms with Crippen molar-refractivity contribution in [1.82, 2.24) is 5.32 Å². The van der Waals surface area contributed by atoms with Crippen molar-refractivity contribution >= 4 is 40.8 Å².